The molecule has 0 unspecified atom stereocenters. The van der Waals surface area contributed by atoms with E-state index in [1.807, 2.05) is 0 Å². The molecule has 1 aromatic carbocycles. The minimum atomic E-state index is -0.216. The van der Waals surface area contributed by atoms with Gasteiger partial charge in [-0.3, -0.25) is 9.69 Å². The van der Waals surface area contributed by atoms with Crippen LogP contribution in [0.3, 0.4) is 0 Å². The van der Waals surface area contributed by atoms with Crippen LogP contribution >= 0.6 is 0 Å². The largest absolute Gasteiger partial charge is 0.493 e. The SMILES string of the molecule is C=NOC(=NCC(C)C)NCCOc1ccc(N2COc3cc(OCC4CC4)ncc3C2=O)cc1OC. The number of fused-ring (bicyclic) bond motifs is 1. The monoisotopic (exact) mass is 511 g/mol. The number of carbonyl (C=O) groups excluding carboxylic acids is 1. The zero-order valence-corrected chi connectivity index (χ0v) is 21.4. The first-order valence-corrected chi connectivity index (χ1v) is 12.3. The molecule has 2 heterocycles. The minimum Gasteiger partial charge on any atom is -0.493 e. The van der Waals surface area contributed by atoms with Gasteiger partial charge in [-0.2, -0.15) is 0 Å². The van der Waals surface area contributed by atoms with Crippen molar-refractivity contribution in [1.29, 1.82) is 0 Å². The minimum absolute atomic E-state index is 0.0566. The summed E-state index contributed by atoms with van der Waals surface area (Å²) < 4.78 is 22.9. The van der Waals surface area contributed by atoms with Crippen molar-refractivity contribution in [3.05, 3.63) is 36.0 Å². The van der Waals surface area contributed by atoms with Gasteiger partial charge in [0.15, 0.2) is 18.2 Å². The fraction of sp³-hybridized carbons (Fsp3) is 0.462. The van der Waals surface area contributed by atoms with Crippen LogP contribution < -0.4 is 29.2 Å². The summed E-state index contributed by atoms with van der Waals surface area (Å²) in [6.07, 6.45) is 3.88. The first-order chi connectivity index (χ1) is 18.0. The standard InChI is InChI=1S/C26H33N5O6/c1-17(2)13-30-26(37-27-3)28-9-10-34-21-8-7-19(11-23(21)33-4)31-16-36-22-12-24(35-15-18-5-6-18)29-14-20(22)25(31)32/h7-8,11-12,14,17-18H,3,5-6,9-10,13,15-16H2,1-2,4H3,(H,28,30). The lowest BCUT2D eigenvalue weighted by atomic mass is 10.1. The number of carbonyl (C=O) groups is 1. The number of amides is 1. The van der Waals surface area contributed by atoms with E-state index >= 15 is 0 Å². The van der Waals surface area contributed by atoms with Crippen molar-refractivity contribution in [2.75, 3.05) is 45.0 Å². The van der Waals surface area contributed by atoms with E-state index in [-0.39, 0.29) is 18.7 Å². The number of aromatic nitrogens is 1. The van der Waals surface area contributed by atoms with Crippen molar-refractivity contribution >= 4 is 24.3 Å². The van der Waals surface area contributed by atoms with Crippen LogP contribution in [0.15, 0.2) is 40.6 Å². The van der Waals surface area contributed by atoms with E-state index in [4.69, 9.17) is 23.8 Å². The molecule has 0 atom stereocenters. The summed E-state index contributed by atoms with van der Waals surface area (Å²) in [6, 6.07) is 7.22. The van der Waals surface area contributed by atoms with Gasteiger partial charge in [-0.05, 0) is 36.8 Å². The maximum Gasteiger partial charge on any atom is 0.315 e. The highest BCUT2D eigenvalue weighted by Gasteiger charge is 2.29. The molecule has 0 saturated heterocycles. The van der Waals surface area contributed by atoms with Gasteiger partial charge in [0, 0.05) is 31.6 Å². The number of aliphatic imine (C=N–C) groups is 1. The van der Waals surface area contributed by atoms with E-state index < -0.39 is 0 Å². The second kappa shape index (κ2) is 12.3. The van der Waals surface area contributed by atoms with Crippen LogP contribution in [0.5, 0.6) is 23.1 Å². The molecular formula is C26H33N5O6. The second-order valence-corrected chi connectivity index (χ2v) is 9.15. The Balaban J connectivity index is 1.36. The van der Waals surface area contributed by atoms with Crippen molar-refractivity contribution in [3.63, 3.8) is 0 Å². The van der Waals surface area contributed by atoms with Crippen LogP contribution in [0, 0.1) is 11.8 Å². The third-order valence-electron chi connectivity index (χ3n) is 5.68. The Morgan fingerprint density at radius 2 is 2.11 bits per heavy atom. The molecule has 11 nitrogen and oxygen atoms in total. The third-order valence-corrected chi connectivity index (χ3v) is 5.68. The topological polar surface area (TPSA) is 116 Å². The van der Waals surface area contributed by atoms with Gasteiger partial charge in [-0.15, -0.1) is 0 Å². The Hall–Kier alpha value is -4.02. The first-order valence-electron chi connectivity index (χ1n) is 12.3. The number of benzene rings is 1. The van der Waals surface area contributed by atoms with Gasteiger partial charge in [0.05, 0.1) is 25.9 Å². The predicted octanol–water partition coefficient (Wildman–Crippen LogP) is 3.49. The zero-order valence-electron chi connectivity index (χ0n) is 21.4. The fourth-order valence-electron chi connectivity index (χ4n) is 3.50. The van der Waals surface area contributed by atoms with Gasteiger partial charge < -0.3 is 29.1 Å². The number of ether oxygens (including phenoxy) is 4. The molecule has 1 saturated carbocycles. The average molecular weight is 512 g/mol. The van der Waals surface area contributed by atoms with Gasteiger partial charge in [0.1, 0.15) is 17.9 Å². The molecule has 2 aromatic rings. The highest BCUT2D eigenvalue weighted by Crippen LogP contribution is 2.36. The number of nitrogens with one attached hydrogen (secondary N) is 1. The van der Waals surface area contributed by atoms with E-state index in [0.717, 1.165) is 0 Å². The van der Waals surface area contributed by atoms with Gasteiger partial charge in [-0.1, -0.05) is 19.0 Å². The van der Waals surface area contributed by atoms with Crippen LogP contribution in [0.1, 0.15) is 37.0 Å². The summed E-state index contributed by atoms with van der Waals surface area (Å²) in [5, 5.41) is 6.44. The highest BCUT2D eigenvalue weighted by molar-refractivity contribution is 6.08. The van der Waals surface area contributed by atoms with Crippen molar-refractivity contribution in [2.24, 2.45) is 22.0 Å². The summed E-state index contributed by atoms with van der Waals surface area (Å²) in [7, 11) is 1.54. The lowest BCUT2D eigenvalue weighted by Crippen LogP contribution is -2.38. The van der Waals surface area contributed by atoms with Crippen molar-refractivity contribution in [1.82, 2.24) is 10.3 Å². The molecule has 0 bridgehead atoms. The van der Waals surface area contributed by atoms with E-state index in [1.54, 1.807) is 31.4 Å². The molecule has 0 spiro atoms. The van der Waals surface area contributed by atoms with Crippen LogP contribution in [-0.2, 0) is 4.84 Å². The van der Waals surface area contributed by atoms with Gasteiger partial charge >= 0.3 is 6.02 Å². The Morgan fingerprint density at radius 1 is 1.27 bits per heavy atom. The number of oxime groups is 1. The Bertz CT molecular complexity index is 1130. The van der Waals surface area contributed by atoms with Crippen LogP contribution in [0.2, 0.25) is 0 Å². The van der Waals surface area contributed by atoms with E-state index in [1.165, 1.54) is 23.9 Å². The molecule has 0 radical (unpaired) electrons. The number of amidine groups is 1. The molecule has 1 aliphatic carbocycles. The third kappa shape index (κ3) is 7.02. The molecule has 2 aliphatic rings. The quantitative estimate of drug-likeness (QED) is 0.199. The molecule has 37 heavy (non-hydrogen) atoms. The van der Waals surface area contributed by atoms with Crippen molar-refractivity contribution in [3.8, 4) is 23.1 Å². The van der Waals surface area contributed by atoms with E-state index in [9.17, 15) is 4.79 Å². The average Bonchev–Trinajstić information content (AvgIpc) is 3.73. The lowest BCUT2D eigenvalue weighted by molar-refractivity contribution is 0.0936. The molecule has 198 valence electrons. The molecule has 1 aromatic heterocycles. The maximum absolute atomic E-state index is 13.2. The van der Waals surface area contributed by atoms with Gasteiger partial charge in [0.25, 0.3) is 5.91 Å². The number of nitrogens with zero attached hydrogens (tertiary/aromatic N) is 4. The molecule has 1 N–H and O–H groups in total. The summed E-state index contributed by atoms with van der Waals surface area (Å²) >= 11 is 0. The predicted molar refractivity (Wildman–Crippen MR) is 139 cm³/mol. The zero-order chi connectivity index (χ0) is 26.2. The Labute approximate surface area is 216 Å². The van der Waals surface area contributed by atoms with Crippen molar-refractivity contribution < 1.29 is 28.6 Å². The van der Waals surface area contributed by atoms with E-state index in [2.05, 4.69) is 41.0 Å². The molecule has 1 amide bonds. The second-order valence-electron chi connectivity index (χ2n) is 9.15. The number of rotatable bonds is 12. The van der Waals surface area contributed by atoms with Crippen LogP contribution in [0.25, 0.3) is 0 Å². The number of pyridine rings is 1. The Morgan fingerprint density at radius 3 is 2.84 bits per heavy atom. The summed E-state index contributed by atoms with van der Waals surface area (Å²) in [4.78, 5) is 28.3. The number of anilines is 1. The molecule has 1 aliphatic heterocycles. The van der Waals surface area contributed by atoms with E-state index in [0.29, 0.717) is 72.5 Å². The molecule has 1 fully saturated rings. The molecule has 4 rings (SSSR count). The molecular weight excluding hydrogens is 478 g/mol. The summed E-state index contributed by atoms with van der Waals surface area (Å²) in [5.41, 5.74) is 0.988. The lowest BCUT2D eigenvalue weighted by Gasteiger charge is -2.29. The van der Waals surface area contributed by atoms with Gasteiger partial charge in [0.2, 0.25) is 5.88 Å². The molecule has 11 heteroatoms. The highest BCUT2D eigenvalue weighted by atomic mass is 16.6. The number of methoxy groups -OCH3 is 1. The number of hydrogen-bond acceptors (Lipinski definition) is 9. The first kappa shape index (κ1) is 26.1. The van der Waals surface area contributed by atoms with Crippen molar-refractivity contribution in [2.45, 2.75) is 26.7 Å². The van der Waals surface area contributed by atoms with Crippen LogP contribution in [-0.4, -0.2) is 63.8 Å². The summed E-state index contributed by atoms with van der Waals surface area (Å²) in [5.74, 6) is 2.72. The smallest absolute Gasteiger partial charge is 0.315 e. The maximum atomic E-state index is 13.2. The fourth-order valence-corrected chi connectivity index (χ4v) is 3.50. The number of hydrogen-bond donors (Lipinski definition) is 1. The Kier molecular flexibility index (Phi) is 8.65. The summed E-state index contributed by atoms with van der Waals surface area (Å²) in [6.45, 7) is 9.47. The van der Waals surface area contributed by atoms with Crippen LogP contribution in [0.4, 0.5) is 5.69 Å². The normalized spacial score (nSPS) is 15.1. The van der Waals surface area contributed by atoms with Gasteiger partial charge in [-0.25, -0.2) is 9.98 Å².